The Kier molecular flexibility index (Phi) is 7.84. The molecule has 10 aromatic rings. The van der Waals surface area contributed by atoms with Crippen molar-refractivity contribution in [2.45, 2.75) is 19.3 Å². The largest absolute Gasteiger partial charge is 0.278 e. The third kappa shape index (κ3) is 5.58. The highest BCUT2D eigenvalue weighted by Crippen LogP contribution is 2.49. The van der Waals surface area contributed by atoms with Gasteiger partial charge in [-0.1, -0.05) is 172 Å². The van der Waals surface area contributed by atoms with Crippen LogP contribution in [0.3, 0.4) is 0 Å². The molecule has 8 aromatic carbocycles. The highest BCUT2D eigenvalue weighted by atomic mass is 15.2. The Morgan fingerprint density at radius 1 is 0.345 bits per heavy atom. The molecule has 0 N–H and O–H groups in total. The first-order chi connectivity index (χ1) is 28.5. The summed E-state index contributed by atoms with van der Waals surface area (Å²) in [5.74, 6) is 0.638. The van der Waals surface area contributed by atoms with Gasteiger partial charge in [0.25, 0.3) is 0 Å². The van der Waals surface area contributed by atoms with Crippen LogP contribution in [0.25, 0.3) is 94.8 Å². The fraction of sp³-hybridized carbons (Fsp3) is 0.0545. The molecule has 2 aromatic heterocycles. The van der Waals surface area contributed by atoms with Crippen LogP contribution in [0.5, 0.6) is 0 Å². The van der Waals surface area contributed by atoms with Crippen molar-refractivity contribution in [2.75, 3.05) is 0 Å². The van der Waals surface area contributed by atoms with Crippen molar-refractivity contribution in [3.05, 3.63) is 211 Å². The van der Waals surface area contributed by atoms with Gasteiger partial charge in [-0.2, -0.15) is 0 Å². The van der Waals surface area contributed by atoms with Crippen LogP contribution in [-0.2, 0) is 5.41 Å². The molecule has 0 spiro atoms. The van der Waals surface area contributed by atoms with Crippen LogP contribution in [0.4, 0.5) is 0 Å². The van der Waals surface area contributed by atoms with Gasteiger partial charge in [0.1, 0.15) is 0 Å². The lowest BCUT2D eigenvalue weighted by molar-refractivity contribution is 0.660. The molecule has 0 aliphatic heterocycles. The number of aromatic nitrogens is 3. The van der Waals surface area contributed by atoms with Gasteiger partial charge in [0.15, 0.2) is 0 Å². The summed E-state index contributed by atoms with van der Waals surface area (Å²) in [5, 5.41) is 2.34. The van der Waals surface area contributed by atoms with Crippen LogP contribution in [-0.4, -0.2) is 14.5 Å². The van der Waals surface area contributed by atoms with Gasteiger partial charge < -0.3 is 0 Å². The zero-order chi connectivity index (χ0) is 38.8. The van der Waals surface area contributed by atoms with E-state index in [1.165, 1.54) is 55.3 Å². The number of benzene rings is 8. The molecule has 0 unspecified atom stereocenters. The number of fused-ring (bicyclic) bond motifs is 6. The summed E-state index contributed by atoms with van der Waals surface area (Å²) in [7, 11) is 0. The molecule has 11 rings (SSSR count). The summed E-state index contributed by atoms with van der Waals surface area (Å²) in [6.07, 6.45) is 0. The summed E-state index contributed by atoms with van der Waals surface area (Å²) in [5.41, 5.74) is 18.4. The number of para-hydroxylation sites is 1. The molecule has 0 saturated heterocycles. The lowest BCUT2D eigenvalue weighted by Gasteiger charge is -2.22. The van der Waals surface area contributed by atoms with Gasteiger partial charge in [0, 0.05) is 27.3 Å². The Balaban J connectivity index is 1.09. The van der Waals surface area contributed by atoms with Crippen molar-refractivity contribution in [3.63, 3.8) is 0 Å². The molecule has 0 radical (unpaired) electrons. The van der Waals surface area contributed by atoms with E-state index in [0.717, 1.165) is 44.7 Å². The third-order valence-electron chi connectivity index (χ3n) is 12.0. The van der Waals surface area contributed by atoms with Gasteiger partial charge >= 0.3 is 0 Å². The second-order valence-corrected chi connectivity index (χ2v) is 15.8. The van der Waals surface area contributed by atoms with Crippen molar-refractivity contribution in [2.24, 2.45) is 0 Å². The fourth-order valence-electron chi connectivity index (χ4n) is 9.06. The Hall–Kier alpha value is -7.36. The SMILES string of the molecule is CC1(C)c2ccccc2-c2ccc(-c3ccc4c(c3)c3ccccc3n4-c3nc(-c4cccc(-c5ccccc5)c4)cc(-c4cccc(-c5ccccc5)c4)n3)cc21. The topological polar surface area (TPSA) is 30.7 Å². The normalized spacial score (nSPS) is 12.8. The Bertz CT molecular complexity index is 3090. The fourth-order valence-corrected chi connectivity index (χ4v) is 9.06. The third-order valence-corrected chi connectivity index (χ3v) is 12.0. The Labute approximate surface area is 338 Å². The predicted octanol–water partition coefficient (Wildman–Crippen LogP) is 14.2. The van der Waals surface area contributed by atoms with Gasteiger partial charge in [0.05, 0.1) is 22.4 Å². The minimum atomic E-state index is -0.0661. The van der Waals surface area contributed by atoms with E-state index >= 15 is 0 Å². The molecule has 0 amide bonds. The number of nitrogens with zero attached hydrogens (tertiary/aromatic N) is 3. The second kappa shape index (κ2) is 13.4. The zero-order valence-electron chi connectivity index (χ0n) is 32.4. The van der Waals surface area contributed by atoms with Crippen molar-refractivity contribution in [3.8, 4) is 73.0 Å². The summed E-state index contributed by atoms with van der Waals surface area (Å²) < 4.78 is 2.24. The first kappa shape index (κ1) is 33.9. The van der Waals surface area contributed by atoms with Gasteiger partial charge in [-0.3, -0.25) is 4.57 Å². The molecule has 1 aliphatic carbocycles. The zero-order valence-corrected chi connectivity index (χ0v) is 32.4. The van der Waals surface area contributed by atoms with Crippen molar-refractivity contribution < 1.29 is 0 Å². The average Bonchev–Trinajstić information content (AvgIpc) is 3.74. The van der Waals surface area contributed by atoms with E-state index in [1.54, 1.807) is 0 Å². The van der Waals surface area contributed by atoms with Crippen molar-refractivity contribution in [1.29, 1.82) is 0 Å². The molecule has 274 valence electrons. The lowest BCUT2D eigenvalue weighted by atomic mass is 9.81. The lowest BCUT2D eigenvalue weighted by Crippen LogP contribution is -2.14. The molecule has 2 heterocycles. The summed E-state index contributed by atoms with van der Waals surface area (Å²) in [4.78, 5) is 10.8. The van der Waals surface area contributed by atoms with Crippen LogP contribution in [0, 0.1) is 0 Å². The highest BCUT2D eigenvalue weighted by Gasteiger charge is 2.35. The van der Waals surface area contributed by atoms with Crippen LogP contribution in [0.2, 0.25) is 0 Å². The average molecular weight is 742 g/mol. The van der Waals surface area contributed by atoms with E-state index in [1.807, 2.05) is 0 Å². The molecular formula is C55H39N3. The van der Waals surface area contributed by atoms with Crippen LogP contribution >= 0.6 is 0 Å². The molecule has 0 saturated carbocycles. The maximum absolute atomic E-state index is 5.39. The molecule has 58 heavy (non-hydrogen) atoms. The van der Waals surface area contributed by atoms with E-state index in [2.05, 4.69) is 219 Å². The first-order valence-electron chi connectivity index (χ1n) is 20.0. The number of hydrogen-bond acceptors (Lipinski definition) is 2. The second-order valence-electron chi connectivity index (χ2n) is 15.8. The first-order valence-corrected chi connectivity index (χ1v) is 20.0. The van der Waals surface area contributed by atoms with Gasteiger partial charge in [-0.15, -0.1) is 0 Å². The van der Waals surface area contributed by atoms with Gasteiger partial charge in [-0.25, -0.2) is 9.97 Å². The van der Waals surface area contributed by atoms with E-state index in [9.17, 15) is 0 Å². The maximum Gasteiger partial charge on any atom is 0.235 e. The van der Waals surface area contributed by atoms with Crippen LogP contribution in [0.1, 0.15) is 25.0 Å². The maximum atomic E-state index is 5.39. The quantitative estimate of drug-likeness (QED) is 0.170. The summed E-state index contributed by atoms with van der Waals surface area (Å²) in [6, 6.07) is 71.9. The molecule has 0 fully saturated rings. The molecule has 0 atom stereocenters. The monoisotopic (exact) mass is 741 g/mol. The number of hydrogen-bond donors (Lipinski definition) is 0. The van der Waals surface area contributed by atoms with E-state index in [0.29, 0.717) is 5.95 Å². The summed E-state index contributed by atoms with van der Waals surface area (Å²) in [6.45, 7) is 4.69. The van der Waals surface area contributed by atoms with E-state index < -0.39 is 0 Å². The van der Waals surface area contributed by atoms with Gasteiger partial charge in [-0.05, 0) is 98.1 Å². The van der Waals surface area contributed by atoms with Crippen molar-refractivity contribution in [1.82, 2.24) is 14.5 Å². The smallest absolute Gasteiger partial charge is 0.235 e. The number of rotatable bonds is 6. The molecule has 3 heteroatoms. The molecule has 0 bridgehead atoms. The Morgan fingerprint density at radius 2 is 0.845 bits per heavy atom. The van der Waals surface area contributed by atoms with Gasteiger partial charge in [0.2, 0.25) is 5.95 Å². The van der Waals surface area contributed by atoms with E-state index in [-0.39, 0.29) is 5.41 Å². The Morgan fingerprint density at radius 3 is 1.53 bits per heavy atom. The highest BCUT2D eigenvalue weighted by molar-refractivity contribution is 6.10. The molecular weight excluding hydrogens is 703 g/mol. The summed E-state index contributed by atoms with van der Waals surface area (Å²) >= 11 is 0. The minimum Gasteiger partial charge on any atom is -0.278 e. The van der Waals surface area contributed by atoms with Crippen molar-refractivity contribution >= 4 is 21.8 Å². The standard InChI is InChI=1S/C55H39N3/c1-55(2)48-25-11-9-23-44(48)45-29-27-41(34-49(45)55)40-28-30-53-47(33-40)46-24-10-12-26-52(46)58(53)54-56-50(42-21-13-19-38(31-42)36-15-5-3-6-16-36)35-51(57-54)43-22-14-20-39(32-43)37-17-7-4-8-18-37/h3-35H,1-2H3. The molecule has 3 nitrogen and oxygen atoms in total. The predicted molar refractivity (Wildman–Crippen MR) is 241 cm³/mol. The van der Waals surface area contributed by atoms with Crippen LogP contribution < -0.4 is 0 Å². The van der Waals surface area contributed by atoms with E-state index in [4.69, 9.17) is 9.97 Å². The minimum absolute atomic E-state index is 0.0661. The van der Waals surface area contributed by atoms with Crippen LogP contribution in [0.15, 0.2) is 200 Å². The molecule has 1 aliphatic rings.